The molecule has 0 aromatic heterocycles. The Morgan fingerprint density at radius 1 is 0.551 bits per heavy atom. The van der Waals surface area contributed by atoms with Crippen LogP contribution in [-0.2, 0) is 65.4 Å². The van der Waals surface area contributed by atoms with Crippen LogP contribution in [-0.4, -0.2) is 185 Å². The first-order chi connectivity index (χ1) is 51.3. The number of methoxy groups -OCH3 is 2. The number of esters is 4. The number of phenols is 4. The van der Waals surface area contributed by atoms with Gasteiger partial charge in [-0.05, 0) is 161 Å². The Kier molecular flexibility index (Phi) is 17.2. The van der Waals surface area contributed by atoms with E-state index in [-0.39, 0.29) is 73.4 Å². The molecule has 0 radical (unpaired) electrons. The molecule has 107 heavy (non-hydrogen) atoms. The van der Waals surface area contributed by atoms with Crippen LogP contribution in [0, 0.1) is 52.9 Å². The van der Waals surface area contributed by atoms with Gasteiger partial charge < -0.3 is 72.9 Å². The summed E-state index contributed by atoms with van der Waals surface area (Å²) in [7, 11) is 7.05. The fraction of sp³-hybridized carbons (Fsp3) is 0.481. The van der Waals surface area contributed by atoms with Gasteiger partial charge in [-0.2, -0.15) is 5.26 Å². The van der Waals surface area contributed by atoms with Crippen molar-refractivity contribution in [3.63, 3.8) is 0 Å². The van der Waals surface area contributed by atoms with Crippen molar-refractivity contribution in [1.29, 1.82) is 5.26 Å². The van der Waals surface area contributed by atoms with Crippen LogP contribution in [0.5, 0.6) is 69.0 Å². The molecule has 8 bridgehead atoms. The number of thioether (sulfide) groups is 2. The van der Waals surface area contributed by atoms with Gasteiger partial charge in [0, 0.05) is 101 Å². The second kappa shape index (κ2) is 25.9. The van der Waals surface area contributed by atoms with Crippen molar-refractivity contribution < 1.29 is 92.1 Å². The lowest BCUT2D eigenvalue weighted by Crippen LogP contribution is -2.70. The van der Waals surface area contributed by atoms with E-state index in [2.05, 4.69) is 37.5 Å². The number of aliphatic hydroxyl groups is 1. The number of carbonyl (C=O) groups excluding carboxylic acids is 4. The molecule has 14 aliphatic rings. The molecule has 6 aromatic rings. The Labute approximate surface area is 626 Å². The molecule has 2 unspecified atom stereocenters. The lowest BCUT2D eigenvalue weighted by atomic mass is 9.71. The maximum absolute atomic E-state index is 14.7. The van der Waals surface area contributed by atoms with Crippen molar-refractivity contribution in [2.24, 2.45) is 0 Å². The van der Waals surface area contributed by atoms with Crippen LogP contribution in [0.15, 0.2) is 36.4 Å². The molecule has 7 N–H and O–H groups in total. The van der Waals surface area contributed by atoms with E-state index >= 15 is 0 Å². The van der Waals surface area contributed by atoms with Gasteiger partial charge in [-0.1, -0.05) is 12.1 Å². The summed E-state index contributed by atoms with van der Waals surface area (Å²) in [6, 6.07) is 9.14. The highest BCUT2D eigenvalue weighted by molar-refractivity contribution is 7.99. The van der Waals surface area contributed by atoms with Crippen LogP contribution in [0.2, 0.25) is 0 Å². The number of carbonyl (C=O) groups is 4. The monoisotopic (exact) mass is 1500 g/mol. The molecule has 28 heteroatoms. The standard InChI is InChI=1S/C40H42N4O9S.C39H43N3O10S/c1-17-10-23-21(12-27(17)46)7-8-42-40(23)15-54-38-30-29(37-36(51-16-52-37)19(3)35(30)53-20(4)45)26(14-50-39(40)48)44-25(13-41)24-11-22-9-18(2)34(49-6)33(47)28(22)31(32(38)44)43(24)5;1-16-10-22-20(12-25(16)44)7-8-40-39(22)14-53-36-28-27(35-34(50-15-51-35)18(3)33(28)52-19(4)43)24(13-49-38(39)47)42-30(36)29-26-21(11-23(37(42)46)41(29)5)9-17(2)32(48-6)31(26)45/h9-10,12,24-26,31-32,38,42,46-47H,7-8,11,14-16H2,1-6H3;9-10,12,23-24,29-30,36-37,40,44-46H,7-8,11,13-15H2,1-6H3/t24-,25-,26-,31?,32+,38+,40-;23-,24-,29?,30+,36+,37-,39-/m00/s1. The third kappa shape index (κ3) is 10.2. The van der Waals surface area contributed by atoms with E-state index in [9.17, 15) is 50.0 Å². The van der Waals surface area contributed by atoms with Gasteiger partial charge in [0.15, 0.2) is 57.1 Å². The maximum Gasteiger partial charge on any atom is 0.331 e. The number of nitriles is 1. The normalized spacial score (nSPS) is 29.6. The number of hydrogen-bond donors (Lipinski definition) is 7. The highest BCUT2D eigenvalue weighted by Gasteiger charge is 2.65. The summed E-state index contributed by atoms with van der Waals surface area (Å²) in [4.78, 5) is 63.7. The minimum Gasteiger partial charge on any atom is -0.508 e. The molecule has 0 amide bonds. The summed E-state index contributed by atoms with van der Waals surface area (Å²) in [5.74, 6) is 2.20. The van der Waals surface area contributed by atoms with Crippen LogP contribution >= 0.6 is 23.5 Å². The second-order valence-electron chi connectivity index (χ2n) is 30.3. The molecule has 26 nitrogen and oxygen atoms in total. The number of phenolic OH excluding ortho intramolecular Hbond substituents is 4. The van der Waals surface area contributed by atoms with Crippen molar-refractivity contribution in [3.8, 4) is 75.1 Å². The molecular weight excluding hydrogens is 1420 g/mol. The van der Waals surface area contributed by atoms with Gasteiger partial charge in [-0.25, -0.2) is 9.59 Å². The molecule has 2 spiro atoms. The number of aryl methyl sites for hydroxylation is 4. The topological polar surface area (TPSA) is 323 Å². The average Bonchev–Trinajstić information content (AvgIpc) is 1.63. The van der Waals surface area contributed by atoms with E-state index in [1.54, 1.807) is 26.4 Å². The summed E-state index contributed by atoms with van der Waals surface area (Å²) in [5.41, 5.74) is 10.7. The predicted octanol–water partition coefficient (Wildman–Crippen LogP) is 8.00. The maximum atomic E-state index is 14.7. The quantitative estimate of drug-likeness (QED) is 0.0649. The molecule has 0 saturated carbocycles. The zero-order chi connectivity index (χ0) is 75.2. The van der Waals surface area contributed by atoms with Crippen LogP contribution in [0.1, 0.15) is 149 Å². The van der Waals surface area contributed by atoms with Crippen LogP contribution in [0.25, 0.3) is 0 Å². The van der Waals surface area contributed by atoms with E-state index in [0.717, 1.165) is 50.1 Å². The fourth-order valence-corrected chi connectivity index (χ4v) is 23.5. The first-order valence-electron chi connectivity index (χ1n) is 36.2. The van der Waals surface area contributed by atoms with Crippen molar-refractivity contribution in [1.82, 2.24) is 30.2 Å². The molecule has 4 saturated heterocycles. The number of rotatable bonds is 4. The van der Waals surface area contributed by atoms with E-state index in [0.29, 0.717) is 135 Å². The molecule has 20 rings (SSSR count). The zero-order valence-electron chi connectivity index (χ0n) is 61.4. The molecule has 14 heterocycles. The van der Waals surface area contributed by atoms with Crippen molar-refractivity contribution >= 4 is 47.4 Å². The highest BCUT2D eigenvalue weighted by Crippen LogP contribution is 2.68. The van der Waals surface area contributed by atoms with Gasteiger partial charge in [0.1, 0.15) is 48.5 Å². The number of fused-ring (bicyclic) bond motifs is 18. The van der Waals surface area contributed by atoms with Gasteiger partial charge in [-0.15, -0.1) is 23.5 Å². The number of nitrogens with zero attached hydrogens (tertiary/aromatic N) is 5. The SMILES string of the molecule is COc1c(C)cc2c(c1O)C1[C@@H]3[C@@H]4SC[C@@]5(NCCc6cc(O)c(C)cc65)C(=O)OC[C@@H](c5c6c(c(C)c(OC(C)=O)c54)OCO6)N3[C@@H](C#N)[C@H](C2)N1C.COc1c(C)cc2c(c1O)C1[C@@H]3[C@@H]4SC[C@@]5(NCCc6cc(O)c(C)cc65)C(=O)OC[C@@H](c5c6c(c(C)c(OC(C)=O)c54)OCO6)N3[C@@H](O)[C@H](C2)N1C. The molecule has 562 valence electrons. The van der Waals surface area contributed by atoms with Gasteiger partial charge in [0.25, 0.3) is 0 Å². The fourth-order valence-electron chi connectivity index (χ4n) is 20.1. The number of likely N-dealkylation sites (N-methyl/N-ethyl adjacent to an activating group) is 2. The summed E-state index contributed by atoms with van der Waals surface area (Å²) in [6.07, 6.45) is 1.17. The predicted molar refractivity (Wildman–Crippen MR) is 389 cm³/mol. The number of benzene rings is 6. The first-order valence-corrected chi connectivity index (χ1v) is 38.3. The number of nitrogens with one attached hydrogen (secondary N) is 2. The first kappa shape index (κ1) is 71.1. The van der Waals surface area contributed by atoms with Gasteiger partial charge in [-0.3, -0.25) is 39.8 Å². The summed E-state index contributed by atoms with van der Waals surface area (Å²) < 4.78 is 61.0. The number of ether oxygens (including phenoxy) is 10. The highest BCUT2D eigenvalue weighted by atomic mass is 32.2. The minimum atomic E-state index is -1.28. The second-order valence-corrected chi connectivity index (χ2v) is 32.5. The Morgan fingerprint density at radius 2 is 0.972 bits per heavy atom. The summed E-state index contributed by atoms with van der Waals surface area (Å²) in [5, 5.41) is 75.0. The lowest BCUT2D eigenvalue weighted by Gasteiger charge is -2.62. The van der Waals surface area contributed by atoms with E-state index in [4.69, 9.17) is 47.4 Å². The minimum absolute atomic E-state index is 0.0488. The third-order valence-corrected chi connectivity index (χ3v) is 27.7. The van der Waals surface area contributed by atoms with Crippen LogP contribution < -0.4 is 48.5 Å². The lowest BCUT2D eigenvalue weighted by molar-refractivity contribution is -0.186. The molecule has 4 fully saturated rings. The Hall–Kier alpha value is -8.89. The Bertz CT molecular complexity index is 4910. The molecule has 0 aliphatic carbocycles. The Balaban J connectivity index is 0.000000157. The van der Waals surface area contributed by atoms with Crippen LogP contribution in [0.4, 0.5) is 0 Å². The van der Waals surface area contributed by atoms with E-state index < -0.39 is 94.0 Å². The largest absolute Gasteiger partial charge is 0.508 e. The van der Waals surface area contributed by atoms with Crippen molar-refractivity contribution in [3.05, 3.63) is 137 Å². The van der Waals surface area contributed by atoms with Gasteiger partial charge in [0.2, 0.25) is 13.6 Å². The van der Waals surface area contributed by atoms with Crippen molar-refractivity contribution in [2.75, 3.05) is 79.7 Å². The van der Waals surface area contributed by atoms with Gasteiger partial charge in [0.05, 0.1) is 61.0 Å². The molecule has 14 aliphatic heterocycles. The average molecular weight is 1500 g/mol. The zero-order valence-corrected chi connectivity index (χ0v) is 63.0. The summed E-state index contributed by atoms with van der Waals surface area (Å²) in [6.45, 7) is 14.4. The number of aliphatic hydroxyl groups excluding tert-OH is 1. The Morgan fingerprint density at radius 3 is 1.41 bits per heavy atom. The van der Waals surface area contributed by atoms with Gasteiger partial charge >= 0.3 is 23.9 Å². The number of aromatic hydroxyl groups is 4. The summed E-state index contributed by atoms with van der Waals surface area (Å²) >= 11 is 3.01. The van der Waals surface area contributed by atoms with Crippen molar-refractivity contribution in [2.45, 2.75) is 163 Å². The molecule has 6 aromatic carbocycles. The van der Waals surface area contributed by atoms with Crippen LogP contribution in [0.3, 0.4) is 0 Å². The van der Waals surface area contributed by atoms with E-state index in [1.165, 1.54) is 37.4 Å². The molecule has 14 atom stereocenters. The molecular formula is C79H85N7O19S2. The van der Waals surface area contributed by atoms with E-state index in [1.807, 2.05) is 78.7 Å². The number of hydrogen-bond acceptors (Lipinski definition) is 28. The number of piperazine rings is 2. The third-order valence-electron chi connectivity index (χ3n) is 24.7. The smallest absolute Gasteiger partial charge is 0.331 e.